The molecule has 26 heavy (non-hydrogen) atoms. The zero-order valence-corrected chi connectivity index (χ0v) is 15.5. The van der Waals surface area contributed by atoms with E-state index in [1.807, 2.05) is 23.7 Å². The highest BCUT2D eigenvalue weighted by atomic mass is 32.2. The summed E-state index contributed by atoms with van der Waals surface area (Å²) in [5.41, 5.74) is 1.22. The molecule has 0 bridgehead atoms. The molecule has 2 aromatic rings. The van der Waals surface area contributed by atoms with E-state index in [-0.39, 0.29) is 17.1 Å². The summed E-state index contributed by atoms with van der Waals surface area (Å²) in [6.07, 6.45) is 7.62. The Morgan fingerprint density at radius 3 is 2.88 bits per heavy atom. The summed E-state index contributed by atoms with van der Waals surface area (Å²) in [7, 11) is 0. The molecule has 1 saturated carbocycles. The second-order valence-corrected chi connectivity index (χ2v) is 8.25. The lowest BCUT2D eigenvalue weighted by Gasteiger charge is -2.24. The molecule has 1 aromatic carbocycles. The highest BCUT2D eigenvalue weighted by molar-refractivity contribution is 8.00. The predicted octanol–water partition coefficient (Wildman–Crippen LogP) is 4.07. The van der Waals surface area contributed by atoms with E-state index in [9.17, 15) is 9.59 Å². The Labute approximate surface area is 156 Å². The first-order chi connectivity index (χ1) is 12.6. The van der Waals surface area contributed by atoms with Gasteiger partial charge in [-0.1, -0.05) is 19.3 Å². The zero-order valence-electron chi connectivity index (χ0n) is 14.7. The summed E-state index contributed by atoms with van der Waals surface area (Å²) in [5, 5.41) is 10.1. The molecule has 1 aromatic heterocycles. The van der Waals surface area contributed by atoms with Crippen LogP contribution in [0.1, 0.15) is 55.4 Å². The molecule has 2 aliphatic rings. The zero-order chi connectivity index (χ0) is 18.1. The summed E-state index contributed by atoms with van der Waals surface area (Å²) in [6, 6.07) is 7.62. The molecule has 2 heterocycles. The third-order valence-electron chi connectivity index (χ3n) is 5.01. The van der Waals surface area contributed by atoms with Crippen molar-refractivity contribution in [3.63, 3.8) is 0 Å². The molecule has 7 heteroatoms. The van der Waals surface area contributed by atoms with E-state index < -0.39 is 0 Å². The lowest BCUT2D eigenvalue weighted by molar-refractivity contribution is -0.115. The minimum absolute atomic E-state index is 0.0320. The average Bonchev–Trinajstić information content (AvgIpc) is 3.11. The number of carbonyl (C=O) groups excluding carboxylic acids is 2. The van der Waals surface area contributed by atoms with Crippen molar-refractivity contribution in [1.29, 1.82) is 0 Å². The number of fused-ring (bicyclic) bond motifs is 1. The molecule has 2 amide bonds. The van der Waals surface area contributed by atoms with Crippen LogP contribution in [0.5, 0.6) is 0 Å². The van der Waals surface area contributed by atoms with E-state index in [4.69, 9.17) is 0 Å². The van der Waals surface area contributed by atoms with Gasteiger partial charge >= 0.3 is 0 Å². The fourth-order valence-electron chi connectivity index (χ4n) is 3.57. The van der Waals surface area contributed by atoms with Gasteiger partial charge in [0.25, 0.3) is 5.91 Å². The number of aromatic nitrogens is 2. The molecule has 1 aliphatic carbocycles. The van der Waals surface area contributed by atoms with Gasteiger partial charge in [0.05, 0.1) is 23.2 Å². The Bertz CT molecular complexity index is 842. The maximum Gasteiger partial charge on any atom is 0.256 e. The van der Waals surface area contributed by atoms with Gasteiger partial charge < -0.3 is 10.6 Å². The van der Waals surface area contributed by atoms with Crippen LogP contribution >= 0.6 is 11.8 Å². The molecule has 6 nitrogen and oxygen atoms in total. The van der Waals surface area contributed by atoms with Crippen molar-refractivity contribution in [3.8, 4) is 0 Å². The molecule has 4 rings (SSSR count). The van der Waals surface area contributed by atoms with Gasteiger partial charge in [-0.25, -0.2) is 4.68 Å². The number of nitrogens with zero attached hydrogens (tertiary/aromatic N) is 2. The topological polar surface area (TPSA) is 76.0 Å². The van der Waals surface area contributed by atoms with Gasteiger partial charge in [0.15, 0.2) is 0 Å². The van der Waals surface area contributed by atoms with Crippen LogP contribution in [0.15, 0.2) is 35.4 Å². The van der Waals surface area contributed by atoms with E-state index in [1.165, 1.54) is 31.0 Å². The number of carbonyl (C=O) groups is 2. The number of nitrogens with one attached hydrogen (secondary N) is 2. The molecular weight excluding hydrogens is 348 g/mol. The van der Waals surface area contributed by atoms with E-state index in [1.54, 1.807) is 18.3 Å². The first-order valence-electron chi connectivity index (χ1n) is 9.08. The van der Waals surface area contributed by atoms with Crippen LogP contribution in [0.25, 0.3) is 0 Å². The van der Waals surface area contributed by atoms with Crippen LogP contribution < -0.4 is 10.6 Å². The average molecular weight is 370 g/mol. The predicted molar refractivity (Wildman–Crippen MR) is 103 cm³/mol. The van der Waals surface area contributed by atoms with Crippen molar-refractivity contribution in [1.82, 2.24) is 9.78 Å². The first-order valence-corrected chi connectivity index (χ1v) is 9.96. The summed E-state index contributed by atoms with van der Waals surface area (Å²) >= 11 is 1.51. The van der Waals surface area contributed by atoms with Gasteiger partial charge in [-0.15, -0.1) is 11.8 Å². The third kappa shape index (κ3) is 3.35. The van der Waals surface area contributed by atoms with Crippen LogP contribution in [0.3, 0.4) is 0 Å². The fourth-order valence-corrected chi connectivity index (χ4v) is 4.50. The smallest absolute Gasteiger partial charge is 0.256 e. The van der Waals surface area contributed by atoms with E-state index in [2.05, 4.69) is 15.7 Å². The van der Waals surface area contributed by atoms with Gasteiger partial charge in [-0.2, -0.15) is 5.10 Å². The van der Waals surface area contributed by atoms with Crippen LogP contribution in [0.4, 0.5) is 11.5 Å². The third-order valence-corrected chi connectivity index (χ3v) is 6.18. The maximum absolute atomic E-state index is 12.7. The van der Waals surface area contributed by atoms with Crippen molar-refractivity contribution in [3.05, 3.63) is 36.0 Å². The van der Waals surface area contributed by atoms with Crippen molar-refractivity contribution < 1.29 is 9.59 Å². The summed E-state index contributed by atoms with van der Waals surface area (Å²) in [6.45, 7) is 1.87. The minimum Gasteiger partial charge on any atom is -0.324 e. The van der Waals surface area contributed by atoms with Crippen LogP contribution in [-0.2, 0) is 4.79 Å². The number of amides is 2. The first kappa shape index (κ1) is 17.1. The number of anilines is 2. The molecule has 0 unspecified atom stereocenters. The summed E-state index contributed by atoms with van der Waals surface area (Å²) in [4.78, 5) is 25.6. The lowest BCUT2D eigenvalue weighted by atomic mass is 9.96. The minimum atomic E-state index is -0.191. The normalized spacial score (nSPS) is 20.3. The summed E-state index contributed by atoms with van der Waals surface area (Å²) < 4.78 is 1.94. The van der Waals surface area contributed by atoms with E-state index in [0.29, 0.717) is 17.3 Å². The quantitative estimate of drug-likeness (QED) is 0.854. The van der Waals surface area contributed by atoms with Crippen LogP contribution in [0.2, 0.25) is 0 Å². The molecule has 0 saturated heterocycles. The van der Waals surface area contributed by atoms with Crippen LogP contribution in [0, 0.1) is 0 Å². The molecule has 2 N–H and O–H groups in total. The molecule has 136 valence electrons. The molecule has 0 spiro atoms. The Kier molecular flexibility index (Phi) is 4.72. The molecule has 1 fully saturated rings. The second kappa shape index (κ2) is 7.15. The molecular formula is C19H22N4O2S. The van der Waals surface area contributed by atoms with Crippen LogP contribution in [-0.4, -0.2) is 26.8 Å². The standard InChI is InChI=1S/C19H22N4O2S/c1-12-18(24)21-15-11-13(7-8-16(15)26-12)19(25)22-17-9-10-20-23(17)14-5-3-2-4-6-14/h7-12,14H,2-6H2,1H3,(H,21,24)(H,22,25)/t12-/m1/s1. The molecule has 0 radical (unpaired) electrons. The largest absolute Gasteiger partial charge is 0.324 e. The van der Waals surface area contributed by atoms with Gasteiger partial charge in [-0.05, 0) is 38.0 Å². The number of hydrogen-bond acceptors (Lipinski definition) is 4. The Morgan fingerprint density at radius 1 is 1.27 bits per heavy atom. The monoisotopic (exact) mass is 370 g/mol. The number of rotatable bonds is 3. The second-order valence-electron chi connectivity index (χ2n) is 6.87. The number of thioether (sulfide) groups is 1. The Morgan fingerprint density at radius 2 is 2.08 bits per heavy atom. The van der Waals surface area contributed by atoms with Crippen molar-refractivity contribution in [2.45, 2.75) is 55.2 Å². The highest BCUT2D eigenvalue weighted by Gasteiger charge is 2.24. The SMILES string of the molecule is C[C@H]1Sc2ccc(C(=O)Nc3ccnn3C3CCCCC3)cc2NC1=O. The van der Waals surface area contributed by atoms with E-state index in [0.717, 1.165) is 23.6 Å². The van der Waals surface area contributed by atoms with Gasteiger partial charge in [0.1, 0.15) is 5.82 Å². The Hall–Kier alpha value is -2.28. The van der Waals surface area contributed by atoms with Gasteiger partial charge in [0, 0.05) is 16.5 Å². The van der Waals surface area contributed by atoms with Gasteiger partial charge in [-0.3, -0.25) is 9.59 Å². The van der Waals surface area contributed by atoms with Gasteiger partial charge in [0.2, 0.25) is 5.91 Å². The fraction of sp³-hybridized carbons (Fsp3) is 0.421. The Balaban J connectivity index is 1.52. The number of hydrogen-bond donors (Lipinski definition) is 2. The summed E-state index contributed by atoms with van der Waals surface area (Å²) in [5.74, 6) is 0.505. The maximum atomic E-state index is 12.7. The highest BCUT2D eigenvalue weighted by Crippen LogP contribution is 2.36. The molecule has 1 aliphatic heterocycles. The lowest BCUT2D eigenvalue weighted by Crippen LogP contribution is -2.27. The molecule has 1 atom stereocenters. The number of benzene rings is 1. The van der Waals surface area contributed by atoms with Crippen molar-refractivity contribution in [2.75, 3.05) is 10.6 Å². The van der Waals surface area contributed by atoms with Crippen molar-refractivity contribution >= 4 is 35.1 Å². The van der Waals surface area contributed by atoms with E-state index >= 15 is 0 Å². The van der Waals surface area contributed by atoms with Crippen molar-refractivity contribution in [2.24, 2.45) is 0 Å².